The van der Waals surface area contributed by atoms with Crippen LogP contribution in [0.4, 0.5) is 0 Å². The van der Waals surface area contributed by atoms with Crippen molar-refractivity contribution in [2.24, 2.45) is 0 Å². The smallest absolute Gasteiger partial charge is 0.313 e. The van der Waals surface area contributed by atoms with Crippen molar-refractivity contribution in [2.75, 3.05) is 6.61 Å². The van der Waals surface area contributed by atoms with Gasteiger partial charge in [-0.05, 0) is 24.6 Å². The molecule has 0 saturated carbocycles. The van der Waals surface area contributed by atoms with Gasteiger partial charge in [-0.25, -0.2) is 0 Å². The second-order valence-electron chi connectivity index (χ2n) is 3.68. The van der Waals surface area contributed by atoms with E-state index in [9.17, 15) is 9.59 Å². The Labute approximate surface area is 111 Å². The highest BCUT2D eigenvalue weighted by molar-refractivity contribution is 6.30. The van der Waals surface area contributed by atoms with Crippen LogP contribution in [0.1, 0.15) is 25.3 Å². The molecule has 0 amide bonds. The number of hydrogen-bond acceptors (Lipinski definition) is 3. The third-order valence-corrected chi connectivity index (χ3v) is 2.39. The summed E-state index contributed by atoms with van der Waals surface area (Å²) in [6.07, 6.45) is 3.56. The molecule has 0 bridgehead atoms. The van der Waals surface area contributed by atoms with Crippen LogP contribution in [-0.2, 0) is 14.3 Å². The van der Waals surface area contributed by atoms with Gasteiger partial charge in [-0.2, -0.15) is 0 Å². The molecule has 0 unspecified atom stereocenters. The lowest BCUT2D eigenvalue weighted by molar-refractivity contribution is -0.145. The number of benzene rings is 1. The molecule has 1 aromatic carbocycles. The first-order valence-corrected chi connectivity index (χ1v) is 6.09. The molecule has 96 valence electrons. The number of carbonyl (C=O) groups is 2. The number of rotatable bonds is 6. The summed E-state index contributed by atoms with van der Waals surface area (Å²) in [6.45, 7) is 2.01. The molecule has 0 aliphatic heterocycles. The van der Waals surface area contributed by atoms with E-state index >= 15 is 0 Å². The molecular weight excluding hydrogens is 252 g/mol. The molecule has 1 rings (SSSR count). The van der Waals surface area contributed by atoms with Crippen LogP contribution in [0.25, 0.3) is 6.08 Å². The average Bonchev–Trinajstić information content (AvgIpc) is 2.29. The van der Waals surface area contributed by atoms with Crippen molar-refractivity contribution in [1.82, 2.24) is 0 Å². The summed E-state index contributed by atoms with van der Waals surface area (Å²) >= 11 is 5.83. The van der Waals surface area contributed by atoms with Gasteiger partial charge >= 0.3 is 5.97 Å². The molecule has 0 fully saturated rings. The first-order valence-electron chi connectivity index (χ1n) is 5.71. The van der Waals surface area contributed by atoms with Gasteiger partial charge in [0.15, 0.2) is 0 Å². The fourth-order valence-corrected chi connectivity index (χ4v) is 1.58. The van der Waals surface area contributed by atoms with Crippen LogP contribution in [0.15, 0.2) is 30.3 Å². The normalized spacial score (nSPS) is 10.6. The summed E-state index contributed by atoms with van der Waals surface area (Å²) in [4.78, 5) is 22.5. The molecule has 0 spiro atoms. The standard InChI is InChI=1S/C14H15ClO3/c1-2-18-14(17)10-13(16)8-4-6-11-5-3-7-12(15)9-11/h3-7,9H,2,8,10H2,1H3. The highest BCUT2D eigenvalue weighted by Gasteiger charge is 2.08. The van der Waals surface area contributed by atoms with Crippen molar-refractivity contribution in [3.05, 3.63) is 40.9 Å². The molecule has 4 heteroatoms. The Kier molecular flexibility index (Phi) is 6.15. The maximum atomic E-state index is 11.4. The average molecular weight is 267 g/mol. The van der Waals surface area contributed by atoms with Gasteiger partial charge in [0, 0.05) is 11.4 Å². The molecule has 0 N–H and O–H groups in total. The lowest BCUT2D eigenvalue weighted by Crippen LogP contribution is -2.10. The van der Waals surface area contributed by atoms with Crippen LogP contribution in [0.5, 0.6) is 0 Å². The Balaban J connectivity index is 2.40. The second kappa shape index (κ2) is 7.67. The lowest BCUT2D eigenvalue weighted by Gasteiger charge is -1.99. The van der Waals surface area contributed by atoms with Gasteiger partial charge in [0.2, 0.25) is 0 Å². The molecule has 1 aromatic rings. The van der Waals surface area contributed by atoms with Crippen molar-refractivity contribution in [1.29, 1.82) is 0 Å². The zero-order valence-electron chi connectivity index (χ0n) is 10.2. The SMILES string of the molecule is CCOC(=O)CC(=O)CC=Cc1cccc(Cl)c1. The number of hydrogen-bond donors (Lipinski definition) is 0. The van der Waals surface area contributed by atoms with E-state index in [-0.39, 0.29) is 18.6 Å². The first-order chi connectivity index (χ1) is 8.61. The van der Waals surface area contributed by atoms with E-state index in [2.05, 4.69) is 0 Å². The van der Waals surface area contributed by atoms with Gasteiger partial charge in [0.25, 0.3) is 0 Å². The minimum atomic E-state index is -0.473. The monoisotopic (exact) mass is 266 g/mol. The Bertz CT molecular complexity index is 452. The fourth-order valence-electron chi connectivity index (χ4n) is 1.38. The number of Topliss-reactive ketones (excluding diaryl/α,β-unsaturated/α-hetero) is 1. The topological polar surface area (TPSA) is 43.4 Å². The minimum Gasteiger partial charge on any atom is -0.466 e. The first kappa shape index (κ1) is 14.5. The number of allylic oxidation sites excluding steroid dienone is 1. The molecule has 0 saturated heterocycles. The largest absolute Gasteiger partial charge is 0.466 e. The Morgan fingerprint density at radius 2 is 2.17 bits per heavy atom. The maximum absolute atomic E-state index is 11.4. The highest BCUT2D eigenvalue weighted by Crippen LogP contribution is 2.12. The molecule has 0 radical (unpaired) electrons. The highest BCUT2D eigenvalue weighted by atomic mass is 35.5. The molecule has 0 atom stereocenters. The van der Waals surface area contributed by atoms with Gasteiger partial charge in [0.1, 0.15) is 12.2 Å². The van der Waals surface area contributed by atoms with E-state index < -0.39 is 5.97 Å². The maximum Gasteiger partial charge on any atom is 0.313 e. The Hall–Kier alpha value is -1.61. The number of esters is 1. The quantitative estimate of drug-likeness (QED) is 0.586. The van der Waals surface area contributed by atoms with Crippen molar-refractivity contribution in [3.8, 4) is 0 Å². The van der Waals surface area contributed by atoms with Gasteiger partial charge in [-0.15, -0.1) is 0 Å². The molecule has 0 aliphatic rings. The van der Waals surface area contributed by atoms with Crippen LogP contribution in [0.2, 0.25) is 5.02 Å². The Morgan fingerprint density at radius 1 is 1.39 bits per heavy atom. The van der Waals surface area contributed by atoms with Crippen molar-refractivity contribution < 1.29 is 14.3 Å². The molecule has 0 aliphatic carbocycles. The second-order valence-corrected chi connectivity index (χ2v) is 4.12. The zero-order valence-corrected chi connectivity index (χ0v) is 10.9. The number of ether oxygens (including phenoxy) is 1. The lowest BCUT2D eigenvalue weighted by atomic mass is 10.1. The third-order valence-electron chi connectivity index (χ3n) is 2.15. The van der Waals surface area contributed by atoms with Crippen molar-refractivity contribution >= 4 is 29.4 Å². The van der Waals surface area contributed by atoms with Crippen LogP contribution in [-0.4, -0.2) is 18.4 Å². The number of halogens is 1. The van der Waals surface area contributed by atoms with Gasteiger partial charge in [-0.3, -0.25) is 9.59 Å². The van der Waals surface area contributed by atoms with E-state index in [0.717, 1.165) is 5.56 Å². The summed E-state index contributed by atoms with van der Waals surface area (Å²) in [6, 6.07) is 7.30. The van der Waals surface area contributed by atoms with Crippen LogP contribution in [0.3, 0.4) is 0 Å². The zero-order chi connectivity index (χ0) is 13.4. The van der Waals surface area contributed by atoms with E-state index in [1.807, 2.05) is 12.1 Å². The summed E-state index contributed by atoms with van der Waals surface area (Å²) in [5.41, 5.74) is 0.923. The van der Waals surface area contributed by atoms with Crippen LogP contribution in [0, 0.1) is 0 Å². The van der Waals surface area contributed by atoms with Gasteiger partial charge in [-0.1, -0.05) is 35.9 Å². The minimum absolute atomic E-state index is 0.160. The van der Waals surface area contributed by atoms with Crippen molar-refractivity contribution in [3.63, 3.8) is 0 Å². The summed E-state index contributed by atoms with van der Waals surface area (Å²) < 4.78 is 4.69. The van der Waals surface area contributed by atoms with Crippen LogP contribution >= 0.6 is 11.6 Å². The number of ketones is 1. The summed E-state index contributed by atoms with van der Waals surface area (Å²) in [7, 11) is 0. The fraction of sp³-hybridized carbons (Fsp3) is 0.286. The summed E-state index contributed by atoms with van der Waals surface area (Å²) in [5.74, 6) is -0.634. The van der Waals surface area contributed by atoms with Gasteiger partial charge < -0.3 is 4.74 Å². The van der Waals surface area contributed by atoms with Crippen LogP contribution < -0.4 is 0 Å². The van der Waals surface area contributed by atoms with E-state index in [0.29, 0.717) is 11.6 Å². The third kappa shape index (κ3) is 5.64. The molecular formula is C14H15ClO3. The van der Waals surface area contributed by atoms with Gasteiger partial charge in [0.05, 0.1) is 6.61 Å². The van der Waals surface area contributed by atoms with E-state index in [1.165, 1.54) is 0 Å². The molecule has 3 nitrogen and oxygen atoms in total. The van der Waals surface area contributed by atoms with E-state index in [1.54, 1.807) is 31.2 Å². The predicted octanol–water partition coefficient (Wildman–Crippen LogP) is 3.27. The molecule has 18 heavy (non-hydrogen) atoms. The summed E-state index contributed by atoms with van der Waals surface area (Å²) in [5, 5.41) is 0.648. The van der Waals surface area contributed by atoms with Crippen molar-refractivity contribution in [2.45, 2.75) is 19.8 Å². The molecule has 0 aromatic heterocycles. The Morgan fingerprint density at radius 3 is 2.83 bits per heavy atom. The number of carbonyl (C=O) groups excluding carboxylic acids is 2. The van der Waals surface area contributed by atoms with E-state index in [4.69, 9.17) is 16.3 Å². The molecule has 0 heterocycles. The predicted molar refractivity (Wildman–Crippen MR) is 71.4 cm³/mol.